The van der Waals surface area contributed by atoms with Crippen LogP contribution in [-0.2, 0) is 15.6 Å². The molecular formula is C19H18ClN3O3S. The van der Waals surface area contributed by atoms with Crippen LogP contribution in [0.15, 0.2) is 53.6 Å². The Morgan fingerprint density at radius 2 is 1.89 bits per heavy atom. The number of fused-ring (bicyclic) bond motifs is 2. The minimum absolute atomic E-state index is 0.120. The highest BCUT2D eigenvalue weighted by Gasteiger charge is 2.62. The summed E-state index contributed by atoms with van der Waals surface area (Å²) in [5.74, 6) is 0.240. The van der Waals surface area contributed by atoms with Crippen molar-refractivity contribution in [3.8, 4) is 0 Å². The fourth-order valence-corrected chi connectivity index (χ4v) is 6.09. The molecule has 0 aliphatic heterocycles. The third-order valence-electron chi connectivity index (χ3n) is 5.85. The Morgan fingerprint density at radius 1 is 1.19 bits per heavy atom. The van der Waals surface area contributed by atoms with Gasteiger partial charge in [0, 0.05) is 16.5 Å². The van der Waals surface area contributed by atoms with Crippen molar-refractivity contribution in [3.05, 3.63) is 59.2 Å². The van der Waals surface area contributed by atoms with Crippen LogP contribution in [0.5, 0.6) is 0 Å². The van der Waals surface area contributed by atoms with Crippen LogP contribution in [0.25, 0.3) is 10.9 Å². The van der Waals surface area contributed by atoms with Gasteiger partial charge in [0.1, 0.15) is 0 Å². The van der Waals surface area contributed by atoms with Gasteiger partial charge in [0.15, 0.2) is 0 Å². The molecule has 5 rings (SSSR count). The van der Waals surface area contributed by atoms with E-state index in [0.717, 1.165) is 16.5 Å². The molecule has 2 aliphatic rings. The van der Waals surface area contributed by atoms with Crippen LogP contribution in [0.4, 0.5) is 0 Å². The Kier molecular flexibility index (Phi) is 3.68. The minimum Gasteiger partial charge on any atom is -0.385 e. The van der Waals surface area contributed by atoms with Crippen LogP contribution >= 0.6 is 11.6 Å². The number of hydrogen-bond donors (Lipinski definition) is 3. The number of benzene rings is 2. The molecule has 8 heteroatoms. The number of hydrogen-bond acceptors (Lipinski definition) is 4. The molecular weight excluding hydrogens is 386 g/mol. The average molecular weight is 404 g/mol. The van der Waals surface area contributed by atoms with Crippen LogP contribution in [0.1, 0.15) is 18.4 Å². The molecule has 0 bridgehead atoms. The van der Waals surface area contributed by atoms with E-state index >= 15 is 0 Å². The lowest BCUT2D eigenvalue weighted by Gasteiger charge is -2.27. The van der Waals surface area contributed by atoms with Gasteiger partial charge >= 0.3 is 0 Å². The maximum atomic E-state index is 12.5. The molecule has 2 fully saturated rings. The Labute approximate surface area is 161 Å². The predicted octanol–water partition coefficient (Wildman–Crippen LogP) is 2.79. The van der Waals surface area contributed by atoms with E-state index in [-0.39, 0.29) is 22.8 Å². The van der Waals surface area contributed by atoms with E-state index in [2.05, 4.69) is 14.9 Å². The zero-order valence-electron chi connectivity index (χ0n) is 14.3. The van der Waals surface area contributed by atoms with Crippen molar-refractivity contribution in [1.82, 2.24) is 14.9 Å². The molecule has 3 aromatic rings. The summed E-state index contributed by atoms with van der Waals surface area (Å²) >= 11 is 6.20. The summed E-state index contributed by atoms with van der Waals surface area (Å²) in [5, 5.41) is 19.6. The second-order valence-corrected chi connectivity index (χ2v) is 9.66. The third kappa shape index (κ3) is 2.77. The molecule has 2 aromatic carbocycles. The topological polar surface area (TPSA) is 95.1 Å². The molecule has 140 valence electrons. The summed E-state index contributed by atoms with van der Waals surface area (Å²) in [6, 6.07) is 11.8. The minimum atomic E-state index is -3.54. The fraction of sp³-hybridized carbons (Fsp3) is 0.316. The lowest BCUT2D eigenvalue weighted by atomic mass is 9.86. The van der Waals surface area contributed by atoms with E-state index in [0.29, 0.717) is 17.9 Å². The largest absolute Gasteiger partial charge is 0.385 e. The van der Waals surface area contributed by atoms with Crippen molar-refractivity contribution in [1.29, 1.82) is 0 Å². The maximum absolute atomic E-state index is 12.5. The first-order chi connectivity index (χ1) is 12.9. The molecule has 1 aromatic heterocycles. The highest BCUT2D eigenvalue weighted by atomic mass is 35.5. The van der Waals surface area contributed by atoms with Gasteiger partial charge in [-0.15, -0.1) is 0 Å². The first-order valence-corrected chi connectivity index (χ1v) is 10.7. The molecule has 2 aliphatic carbocycles. The summed E-state index contributed by atoms with van der Waals surface area (Å²) in [7, 11) is -3.54. The third-order valence-corrected chi connectivity index (χ3v) is 7.54. The number of H-pyrrole nitrogens is 1. The van der Waals surface area contributed by atoms with Crippen LogP contribution in [0, 0.1) is 11.8 Å². The van der Waals surface area contributed by atoms with E-state index in [1.807, 2.05) is 0 Å². The van der Waals surface area contributed by atoms with Crippen LogP contribution in [-0.4, -0.2) is 29.8 Å². The Hall–Kier alpha value is -1.93. The zero-order valence-corrected chi connectivity index (χ0v) is 15.8. The molecule has 0 spiro atoms. The quantitative estimate of drug-likeness (QED) is 0.624. The highest BCUT2D eigenvalue weighted by molar-refractivity contribution is 7.89. The van der Waals surface area contributed by atoms with Crippen molar-refractivity contribution >= 4 is 32.5 Å². The summed E-state index contributed by atoms with van der Waals surface area (Å²) in [6.07, 6.45) is 2.69. The SMILES string of the molecule is O=S(=O)(N[C@@H]1[C@@H]2C[C@@](O)(c3cc(Cl)cc4[nH]ncc34)C[C@@H]21)c1ccccc1. The van der Waals surface area contributed by atoms with Gasteiger partial charge in [-0.1, -0.05) is 29.8 Å². The van der Waals surface area contributed by atoms with Crippen LogP contribution in [0.2, 0.25) is 5.02 Å². The standard InChI is InChI=1S/C19H18ClN3O3S/c20-11-6-16(15-10-21-22-17(15)7-11)19(24)8-13-14(9-19)18(13)23-27(25,26)12-4-2-1-3-5-12/h1-7,10,13-14,18,23-24H,8-9H2,(H,21,22)/t13-,14+,18-,19+. The summed E-state index contributed by atoms with van der Waals surface area (Å²) in [6.45, 7) is 0. The molecule has 4 atom stereocenters. The second-order valence-electron chi connectivity index (χ2n) is 7.51. The molecule has 6 nitrogen and oxygen atoms in total. The fourth-order valence-electron chi connectivity index (χ4n) is 4.51. The Bertz CT molecular complexity index is 1120. The summed E-state index contributed by atoms with van der Waals surface area (Å²) in [5.41, 5.74) is 0.528. The van der Waals surface area contributed by atoms with Gasteiger partial charge in [0.05, 0.1) is 22.2 Å². The Morgan fingerprint density at radius 3 is 2.59 bits per heavy atom. The molecule has 3 N–H and O–H groups in total. The van der Waals surface area contributed by atoms with Crippen molar-refractivity contribution in [3.63, 3.8) is 0 Å². The number of aliphatic hydroxyl groups is 1. The zero-order chi connectivity index (χ0) is 18.8. The number of aromatic amines is 1. The lowest BCUT2D eigenvalue weighted by molar-refractivity contribution is 0.0303. The highest BCUT2D eigenvalue weighted by Crippen LogP contribution is 2.60. The molecule has 2 saturated carbocycles. The smallest absolute Gasteiger partial charge is 0.240 e. The molecule has 0 saturated heterocycles. The van der Waals surface area contributed by atoms with E-state index in [9.17, 15) is 13.5 Å². The molecule has 0 radical (unpaired) electrons. The Balaban J connectivity index is 1.37. The molecule has 1 heterocycles. The summed E-state index contributed by atoms with van der Waals surface area (Å²) < 4.78 is 27.9. The first-order valence-electron chi connectivity index (χ1n) is 8.80. The van der Waals surface area contributed by atoms with Gasteiger partial charge in [-0.2, -0.15) is 5.10 Å². The predicted molar refractivity (Wildman–Crippen MR) is 102 cm³/mol. The van der Waals surface area contributed by atoms with E-state index in [1.165, 1.54) is 0 Å². The normalized spacial score (nSPS) is 29.8. The van der Waals surface area contributed by atoms with Crippen molar-refractivity contribution in [2.45, 2.75) is 29.4 Å². The maximum Gasteiger partial charge on any atom is 0.240 e. The summed E-state index contributed by atoms with van der Waals surface area (Å²) in [4.78, 5) is 0.264. The van der Waals surface area contributed by atoms with E-state index in [4.69, 9.17) is 11.6 Å². The van der Waals surface area contributed by atoms with Gasteiger partial charge in [-0.05, 0) is 54.5 Å². The number of nitrogens with zero attached hydrogens (tertiary/aromatic N) is 1. The first kappa shape index (κ1) is 17.2. The van der Waals surface area contributed by atoms with Crippen LogP contribution < -0.4 is 4.72 Å². The van der Waals surface area contributed by atoms with Crippen molar-refractivity contribution < 1.29 is 13.5 Å². The second kappa shape index (κ2) is 5.78. The number of halogens is 1. The number of aromatic nitrogens is 2. The molecule has 27 heavy (non-hydrogen) atoms. The van der Waals surface area contributed by atoms with Gasteiger partial charge in [0.25, 0.3) is 0 Å². The van der Waals surface area contributed by atoms with Gasteiger partial charge in [-0.25, -0.2) is 13.1 Å². The van der Waals surface area contributed by atoms with Crippen molar-refractivity contribution in [2.75, 3.05) is 0 Å². The number of nitrogens with one attached hydrogen (secondary N) is 2. The van der Waals surface area contributed by atoms with Gasteiger partial charge in [-0.3, -0.25) is 5.10 Å². The van der Waals surface area contributed by atoms with E-state index in [1.54, 1.807) is 48.7 Å². The molecule has 0 amide bonds. The van der Waals surface area contributed by atoms with Crippen LogP contribution in [0.3, 0.4) is 0 Å². The number of sulfonamides is 1. The van der Waals surface area contributed by atoms with Gasteiger partial charge in [0.2, 0.25) is 10.0 Å². The molecule has 0 unspecified atom stereocenters. The lowest BCUT2D eigenvalue weighted by Crippen LogP contribution is -2.33. The van der Waals surface area contributed by atoms with Crippen molar-refractivity contribution in [2.24, 2.45) is 11.8 Å². The van der Waals surface area contributed by atoms with Gasteiger partial charge < -0.3 is 5.11 Å². The average Bonchev–Trinajstić information content (AvgIpc) is 3.02. The monoisotopic (exact) mass is 403 g/mol. The van der Waals surface area contributed by atoms with E-state index < -0.39 is 15.6 Å². The number of rotatable bonds is 4.